The Morgan fingerprint density at radius 1 is 1.45 bits per heavy atom. The van der Waals surface area contributed by atoms with E-state index in [0.717, 1.165) is 31.6 Å². The first-order valence-corrected chi connectivity index (χ1v) is 7.00. The van der Waals surface area contributed by atoms with Crippen LogP contribution in [0.15, 0.2) is 18.2 Å². The fraction of sp³-hybridized carbons (Fsp3) is 0.533. The van der Waals surface area contributed by atoms with Crippen molar-refractivity contribution in [2.75, 3.05) is 37.9 Å². The highest BCUT2D eigenvalue weighted by Crippen LogP contribution is 2.19. The standard InChI is InChI=1S/C15H23N3O2/c1-11-3-4-14(13(16)9-11)17-15(19)10-18(2)12-5-7-20-8-6-12/h3-4,9,12H,5-8,10,16H2,1-2H3,(H,17,19). The number of carbonyl (C=O) groups excluding carboxylic acids is 1. The molecule has 5 nitrogen and oxygen atoms in total. The van der Waals surface area contributed by atoms with E-state index in [1.165, 1.54) is 0 Å². The zero-order valence-corrected chi connectivity index (χ0v) is 12.2. The van der Waals surface area contributed by atoms with Gasteiger partial charge in [0.15, 0.2) is 0 Å². The second-order valence-corrected chi connectivity index (χ2v) is 5.40. The van der Waals surface area contributed by atoms with Gasteiger partial charge in [-0.1, -0.05) is 6.07 Å². The number of ether oxygens (including phenoxy) is 1. The Balaban J connectivity index is 1.88. The molecule has 0 aliphatic carbocycles. The Kier molecular flexibility index (Phi) is 4.98. The zero-order valence-electron chi connectivity index (χ0n) is 12.2. The number of likely N-dealkylation sites (N-methyl/N-ethyl adjacent to an activating group) is 1. The summed E-state index contributed by atoms with van der Waals surface area (Å²) in [4.78, 5) is 14.1. The maximum atomic E-state index is 12.1. The van der Waals surface area contributed by atoms with Gasteiger partial charge < -0.3 is 15.8 Å². The third kappa shape index (κ3) is 3.95. The van der Waals surface area contributed by atoms with Crippen LogP contribution in [0.25, 0.3) is 0 Å². The highest BCUT2D eigenvalue weighted by Gasteiger charge is 2.20. The Labute approximate surface area is 120 Å². The summed E-state index contributed by atoms with van der Waals surface area (Å²) in [6.45, 7) is 3.90. The summed E-state index contributed by atoms with van der Waals surface area (Å²) < 4.78 is 5.33. The lowest BCUT2D eigenvalue weighted by molar-refractivity contribution is -0.118. The summed E-state index contributed by atoms with van der Waals surface area (Å²) in [6.07, 6.45) is 1.97. The molecule has 3 N–H and O–H groups in total. The smallest absolute Gasteiger partial charge is 0.238 e. The summed E-state index contributed by atoms with van der Waals surface area (Å²) in [5.74, 6) is -0.0328. The molecule has 2 rings (SSSR count). The monoisotopic (exact) mass is 277 g/mol. The highest BCUT2D eigenvalue weighted by molar-refractivity contribution is 5.95. The molecule has 1 aliphatic heterocycles. The number of aryl methyl sites for hydroxylation is 1. The molecule has 20 heavy (non-hydrogen) atoms. The molecule has 1 heterocycles. The molecular weight excluding hydrogens is 254 g/mol. The van der Waals surface area contributed by atoms with Gasteiger partial charge in [-0.2, -0.15) is 0 Å². The fourth-order valence-corrected chi connectivity index (χ4v) is 2.47. The van der Waals surface area contributed by atoms with E-state index in [1.54, 1.807) is 0 Å². The maximum absolute atomic E-state index is 12.1. The minimum atomic E-state index is -0.0328. The number of nitrogens with one attached hydrogen (secondary N) is 1. The number of benzene rings is 1. The van der Waals surface area contributed by atoms with Crippen molar-refractivity contribution in [3.8, 4) is 0 Å². The molecule has 0 unspecified atom stereocenters. The van der Waals surface area contributed by atoms with Crippen molar-refractivity contribution in [1.82, 2.24) is 4.90 Å². The molecule has 0 aromatic heterocycles. The number of nitrogens with zero attached hydrogens (tertiary/aromatic N) is 1. The number of nitrogen functional groups attached to an aromatic ring is 1. The van der Waals surface area contributed by atoms with Gasteiger partial charge in [0, 0.05) is 19.3 Å². The van der Waals surface area contributed by atoms with E-state index in [9.17, 15) is 4.79 Å². The van der Waals surface area contributed by atoms with Crippen LogP contribution in [0.2, 0.25) is 0 Å². The molecular formula is C15H23N3O2. The Morgan fingerprint density at radius 2 is 2.15 bits per heavy atom. The predicted molar refractivity (Wildman–Crippen MR) is 80.7 cm³/mol. The molecule has 1 amide bonds. The molecule has 0 spiro atoms. The first-order valence-electron chi connectivity index (χ1n) is 7.00. The molecule has 5 heteroatoms. The molecule has 1 aromatic carbocycles. The Bertz CT molecular complexity index is 470. The summed E-state index contributed by atoms with van der Waals surface area (Å²) in [6, 6.07) is 6.06. The van der Waals surface area contributed by atoms with Crippen LogP contribution >= 0.6 is 0 Å². The van der Waals surface area contributed by atoms with Crippen molar-refractivity contribution in [1.29, 1.82) is 0 Å². The normalized spacial score (nSPS) is 16.4. The van der Waals surface area contributed by atoms with Crippen molar-refractivity contribution >= 4 is 17.3 Å². The van der Waals surface area contributed by atoms with Crippen LogP contribution < -0.4 is 11.1 Å². The summed E-state index contributed by atoms with van der Waals surface area (Å²) >= 11 is 0. The minimum Gasteiger partial charge on any atom is -0.397 e. The van der Waals surface area contributed by atoms with Gasteiger partial charge in [0.05, 0.1) is 17.9 Å². The molecule has 0 bridgehead atoms. The van der Waals surface area contributed by atoms with Crippen molar-refractivity contribution < 1.29 is 9.53 Å². The van der Waals surface area contributed by atoms with Gasteiger partial charge in [0.25, 0.3) is 0 Å². The second kappa shape index (κ2) is 6.72. The van der Waals surface area contributed by atoms with Gasteiger partial charge >= 0.3 is 0 Å². The van der Waals surface area contributed by atoms with E-state index in [2.05, 4.69) is 10.2 Å². The van der Waals surface area contributed by atoms with Crippen LogP contribution in [0.4, 0.5) is 11.4 Å². The van der Waals surface area contributed by atoms with Crippen LogP contribution in [0.5, 0.6) is 0 Å². The minimum absolute atomic E-state index is 0.0328. The lowest BCUT2D eigenvalue weighted by atomic mass is 10.1. The van der Waals surface area contributed by atoms with Gasteiger partial charge in [-0.3, -0.25) is 9.69 Å². The highest BCUT2D eigenvalue weighted by atomic mass is 16.5. The second-order valence-electron chi connectivity index (χ2n) is 5.40. The molecule has 1 saturated heterocycles. The number of rotatable bonds is 4. The first kappa shape index (κ1) is 14.8. The third-order valence-corrected chi connectivity index (χ3v) is 3.69. The van der Waals surface area contributed by atoms with E-state index in [4.69, 9.17) is 10.5 Å². The fourth-order valence-electron chi connectivity index (χ4n) is 2.47. The van der Waals surface area contributed by atoms with Crippen molar-refractivity contribution in [3.63, 3.8) is 0 Å². The summed E-state index contributed by atoms with van der Waals surface area (Å²) in [5.41, 5.74) is 8.27. The van der Waals surface area contributed by atoms with Crippen LogP contribution in [0.1, 0.15) is 18.4 Å². The number of amides is 1. The van der Waals surface area contributed by atoms with Gasteiger partial charge in [-0.05, 0) is 44.5 Å². The lowest BCUT2D eigenvalue weighted by Crippen LogP contribution is -2.41. The first-order chi connectivity index (χ1) is 9.56. The molecule has 1 aliphatic rings. The van der Waals surface area contributed by atoms with Gasteiger partial charge in [0.2, 0.25) is 5.91 Å². The van der Waals surface area contributed by atoms with Gasteiger partial charge in [-0.15, -0.1) is 0 Å². The van der Waals surface area contributed by atoms with Crippen molar-refractivity contribution in [2.24, 2.45) is 0 Å². The molecule has 1 aromatic rings. The van der Waals surface area contributed by atoms with E-state index in [1.807, 2.05) is 32.2 Å². The molecule has 1 fully saturated rings. The van der Waals surface area contributed by atoms with Crippen LogP contribution in [0.3, 0.4) is 0 Å². The SMILES string of the molecule is Cc1ccc(NC(=O)CN(C)C2CCOCC2)c(N)c1. The molecule has 0 atom stereocenters. The average Bonchev–Trinajstić information content (AvgIpc) is 2.43. The number of hydrogen-bond donors (Lipinski definition) is 2. The van der Waals surface area contributed by atoms with E-state index >= 15 is 0 Å². The lowest BCUT2D eigenvalue weighted by Gasteiger charge is -2.30. The zero-order chi connectivity index (χ0) is 14.5. The van der Waals surface area contributed by atoms with Gasteiger partial charge in [0.1, 0.15) is 0 Å². The van der Waals surface area contributed by atoms with E-state index < -0.39 is 0 Å². The number of anilines is 2. The number of nitrogens with two attached hydrogens (primary N) is 1. The topological polar surface area (TPSA) is 67.6 Å². The quantitative estimate of drug-likeness (QED) is 0.821. The molecule has 110 valence electrons. The van der Waals surface area contributed by atoms with Crippen molar-refractivity contribution in [3.05, 3.63) is 23.8 Å². The summed E-state index contributed by atoms with van der Waals surface area (Å²) in [7, 11) is 1.98. The Morgan fingerprint density at radius 3 is 2.80 bits per heavy atom. The average molecular weight is 277 g/mol. The Hall–Kier alpha value is -1.59. The van der Waals surface area contributed by atoms with E-state index in [-0.39, 0.29) is 5.91 Å². The number of carbonyl (C=O) groups is 1. The van der Waals surface area contributed by atoms with Crippen LogP contribution in [0, 0.1) is 6.92 Å². The molecule has 0 saturated carbocycles. The van der Waals surface area contributed by atoms with Gasteiger partial charge in [-0.25, -0.2) is 0 Å². The number of hydrogen-bond acceptors (Lipinski definition) is 4. The van der Waals surface area contributed by atoms with E-state index in [0.29, 0.717) is 24.0 Å². The molecule has 0 radical (unpaired) electrons. The largest absolute Gasteiger partial charge is 0.397 e. The van der Waals surface area contributed by atoms with Crippen molar-refractivity contribution in [2.45, 2.75) is 25.8 Å². The summed E-state index contributed by atoms with van der Waals surface area (Å²) in [5, 5.41) is 2.87. The van der Waals surface area contributed by atoms with Crippen LogP contribution in [-0.2, 0) is 9.53 Å². The third-order valence-electron chi connectivity index (χ3n) is 3.69. The maximum Gasteiger partial charge on any atom is 0.238 e. The van der Waals surface area contributed by atoms with Crippen LogP contribution in [-0.4, -0.2) is 43.7 Å². The predicted octanol–water partition coefficient (Wildman–Crippen LogP) is 1.63.